The van der Waals surface area contributed by atoms with Crippen LogP contribution < -0.4 is 5.32 Å². The maximum absolute atomic E-state index is 12.7. The lowest BCUT2D eigenvalue weighted by atomic mass is 10.2. The van der Waals surface area contributed by atoms with Gasteiger partial charge in [-0.2, -0.15) is 13.2 Å². The molecule has 0 unspecified atom stereocenters. The predicted octanol–water partition coefficient (Wildman–Crippen LogP) is 3.08. The zero-order chi connectivity index (χ0) is 13.9. The average Bonchev–Trinajstić information content (AvgIpc) is 2.38. The summed E-state index contributed by atoms with van der Waals surface area (Å²) in [5.74, 6) is 0.154. The van der Waals surface area contributed by atoms with Crippen molar-refractivity contribution >= 4 is 17.6 Å². The largest absolute Gasteiger partial charge is 0.416 e. The van der Waals surface area contributed by atoms with E-state index in [1.807, 2.05) is 0 Å². The quantitative estimate of drug-likeness (QED) is 0.939. The SMILES string of the molecule is CNc1cc(C(F)(F)F)cc(Sc2cnccn2)n1. The van der Waals surface area contributed by atoms with Crippen molar-refractivity contribution in [2.24, 2.45) is 0 Å². The Labute approximate surface area is 111 Å². The highest BCUT2D eigenvalue weighted by Gasteiger charge is 2.31. The van der Waals surface area contributed by atoms with Gasteiger partial charge in [0.1, 0.15) is 15.9 Å². The minimum atomic E-state index is -4.41. The molecule has 0 aliphatic carbocycles. The van der Waals surface area contributed by atoms with E-state index in [-0.39, 0.29) is 10.8 Å². The molecule has 2 heterocycles. The summed E-state index contributed by atoms with van der Waals surface area (Å²) < 4.78 is 38.2. The highest BCUT2D eigenvalue weighted by molar-refractivity contribution is 7.99. The van der Waals surface area contributed by atoms with E-state index >= 15 is 0 Å². The van der Waals surface area contributed by atoms with Crippen molar-refractivity contribution < 1.29 is 13.2 Å². The summed E-state index contributed by atoms with van der Waals surface area (Å²) in [6.45, 7) is 0. The number of hydrogen-bond acceptors (Lipinski definition) is 5. The Bertz CT molecular complexity index is 560. The number of halogens is 3. The molecular formula is C11H9F3N4S. The first-order valence-electron chi connectivity index (χ1n) is 5.20. The summed E-state index contributed by atoms with van der Waals surface area (Å²) in [4.78, 5) is 11.9. The smallest absolute Gasteiger partial charge is 0.373 e. The molecule has 0 aromatic carbocycles. The fraction of sp³-hybridized carbons (Fsp3) is 0.182. The molecule has 1 N–H and O–H groups in total. The van der Waals surface area contributed by atoms with Crippen LogP contribution in [0.5, 0.6) is 0 Å². The molecule has 2 aromatic rings. The Hall–Kier alpha value is -1.83. The van der Waals surface area contributed by atoms with Crippen LogP contribution >= 0.6 is 11.8 Å². The molecule has 0 radical (unpaired) electrons. The van der Waals surface area contributed by atoms with Crippen molar-refractivity contribution in [1.29, 1.82) is 0 Å². The number of rotatable bonds is 3. The van der Waals surface area contributed by atoms with Crippen LogP contribution in [0.25, 0.3) is 0 Å². The van der Waals surface area contributed by atoms with Gasteiger partial charge >= 0.3 is 6.18 Å². The molecule has 8 heteroatoms. The highest BCUT2D eigenvalue weighted by atomic mass is 32.2. The van der Waals surface area contributed by atoms with Crippen molar-refractivity contribution in [3.63, 3.8) is 0 Å². The van der Waals surface area contributed by atoms with Crippen LogP contribution in [0.2, 0.25) is 0 Å². The van der Waals surface area contributed by atoms with Gasteiger partial charge in [-0.1, -0.05) is 0 Å². The van der Waals surface area contributed by atoms with E-state index in [9.17, 15) is 13.2 Å². The van der Waals surface area contributed by atoms with E-state index in [0.29, 0.717) is 5.03 Å². The van der Waals surface area contributed by atoms with Crippen molar-refractivity contribution in [2.45, 2.75) is 16.2 Å². The molecule has 0 fully saturated rings. The molecule has 0 spiro atoms. The molecule has 19 heavy (non-hydrogen) atoms. The standard InChI is InChI=1S/C11H9F3N4S/c1-15-8-4-7(11(12,13)14)5-9(18-8)19-10-6-16-2-3-17-10/h2-6H,1H3,(H,15,18). The van der Waals surface area contributed by atoms with Crippen LogP contribution in [-0.4, -0.2) is 22.0 Å². The van der Waals surface area contributed by atoms with Crippen LogP contribution in [0.4, 0.5) is 19.0 Å². The second-order valence-corrected chi connectivity index (χ2v) is 4.51. The van der Waals surface area contributed by atoms with E-state index in [1.54, 1.807) is 0 Å². The summed E-state index contributed by atoms with van der Waals surface area (Å²) >= 11 is 1.02. The molecule has 0 saturated carbocycles. The molecule has 0 aliphatic rings. The lowest BCUT2D eigenvalue weighted by Crippen LogP contribution is -2.07. The number of alkyl halides is 3. The average molecular weight is 286 g/mol. The normalized spacial score (nSPS) is 11.4. The first-order chi connectivity index (χ1) is 8.99. The summed E-state index contributed by atoms with van der Waals surface area (Å²) in [6.07, 6.45) is 0.00938. The second kappa shape index (κ2) is 5.43. The van der Waals surface area contributed by atoms with E-state index in [1.165, 1.54) is 25.6 Å². The van der Waals surface area contributed by atoms with Gasteiger partial charge in [-0.05, 0) is 23.9 Å². The Balaban J connectivity index is 2.35. The van der Waals surface area contributed by atoms with Crippen LogP contribution in [0, 0.1) is 0 Å². The molecule has 4 nitrogen and oxygen atoms in total. The Kier molecular flexibility index (Phi) is 3.89. The fourth-order valence-electron chi connectivity index (χ4n) is 1.29. The number of anilines is 1. The van der Waals surface area contributed by atoms with Gasteiger partial charge < -0.3 is 5.32 Å². The van der Waals surface area contributed by atoms with Crippen LogP contribution in [0.15, 0.2) is 40.8 Å². The van der Waals surface area contributed by atoms with Crippen LogP contribution in [0.3, 0.4) is 0 Å². The lowest BCUT2D eigenvalue weighted by Gasteiger charge is -2.10. The summed E-state index contributed by atoms with van der Waals surface area (Å²) in [5, 5.41) is 3.30. The third kappa shape index (κ3) is 3.57. The summed E-state index contributed by atoms with van der Waals surface area (Å²) in [5.41, 5.74) is -0.752. The molecule has 0 aliphatic heterocycles. The third-order valence-corrected chi connectivity index (χ3v) is 2.97. The molecule has 0 atom stereocenters. The van der Waals surface area contributed by atoms with Gasteiger partial charge in [0.05, 0.1) is 11.8 Å². The topological polar surface area (TPSA) is 50.7 Å². The van der Waals surface area contributed by atoms with E-state index in [4.69, 9.17) is 0 Å². The monoisotopic (exact) mass is 286 g/mol. The van der Waals surface area contributed by atoms with E-state index in [2.05, 4.69) is 20.3 Å². The van der Waals surface area contributed by atoms with Gasteiger partial charge in [-0.3, -0.25) is 4.98 Å². The summed E-state index contributed by atoms with van der Waals surface area (Å²) in [7, 11) is 1.51. The Morgan fingerprint density at radius 3 is 2.53 bits per heavy atom. The number of pyridine rings is 1. The van der Waals surface area contributed by atoms with Crippen molar-refractivity contribution in [3.8, 4) is 0 Å². The van der Waals surface area contributed by atoms with Gasteiger partial charge in [0.2, 0.25) is 0 Å². The number of hydrogen-bond donors (Lipinski definition) is 1. The third-order valence-electron chi connectivity index (χ3n) is 2.13. The first kappa shape index (κ1) is 13.6. The van der Waals surface area contributed by atoms with Gasteiger partial charge in [0.25, 0.3) is 0 Å². The zero-order valence-corrected chi connectivity index (χ0v) is 10.6. The molecule has 2 aromatic heterocycles. The maximum Gasteiger partial charge on any atom is 0.416 e. The predicted molar refractivity (Wildman–Crippen MR) is 64.9 cm³/mol. The number of aromatic nitrogens is 3. The van der Waals surface area contributed by atoms with Gasteiger partial charge in [-0.15, -0.1) is 0 Å². The minimum absolute atomic E-state index is 0.154. The molecule has 0 amide bonds. The van der Waals surface area contributed by atoms with Gasteiger partial charge in [0, 0.05) is 19.4 Å². The minimum Gasteiger partial charge on any atom is -0.373 e. The van der Waals surface area contributed by atoms with Crippen molar-refractivity contribution in [1.82, 2.24) is 15.0 Å². The number of nitrogens with one attached hydrogen (secondary N) is 1. The lowest BCUT2D eigenvalue weighted by molar-refractivity contribution is -0.137. The second-order valence-electron chi connectivity index (χ2n) is 3.47. The van der Waals surface area contributed by atoms with Gasteiger partial charge in [-0.25, -0.2) is 9.97 Å². The van der Waals surface area contributed by atoms with Crippen molar-refractivity contribution in [3.05, 3.63) is 36.3 Å². The Morgan fingerprint density at radius 2 is 1.95 bits per heavy atom. The molecule has 100 valence electrons. The number of nitrogens with zero attached hydrogens (tertiary/aromatic N) is 3. The Morgan fingerprint density at radius 1 is 1.16 bits per heavy atom. The highest BCUT2D eigenvalue weighted by Crippen LogP contribution is 2.34. The van der Waals surface area contributed by atoms with E-state index < -0.39 is 11.7 Å². The fourth-order valence-corrected chi connectivity index (χ4v) is 2.07. The first-order valence-corrected chi connectivity index (χ1v) is 6.01. The molecular weight excluding hydrogens is 277 g/mol. The van der Waals surface area contributed by atoms with E-state index in [0.717, 1.165) is 23.9 Å². The zero-order valence-electron chi connectivity index (χ0n) is 9.77. The molecule has 2 rings (SSSR count). The van der Waals surface area contributed by atoms with Gasteiger partial charge in [0.15, 0.2) is 0 Å². The van der Waals surface area contributed by atoms with Crippen molar-refractivity contribution in [2.75, 3.05) is 12.4 Å². The maximum atomic E-state index is 12.7. The molecule has 0 saturated heterocycles. The molecule has 0 bridgehead atoms. The van der Waals surface area contributed by atoms with Crippen LogP contribution in [-0.2, 0) is 6.18 Å². The van der Waals surface area contributed by atoms with Crippen LogP contribution in [0.1, 0.15) is 5.56 Å². The summed E-state index contributed by atoms with van der Waals surface area (Å²) in [6, 6.07) is 1.95.